The van der Waals surface area contributed by atoms with Gasteiger partial charge in [-0.1, -0.05) is 13.8 Å². The highest BCUT2D eigenvalue weighted by Gasteiger charge is 2.06. The van der Waals surface area contributed by atoms with E-state index in [0.717, 1.165) is 10.9 Å². The molecular weight excluding hydrogens is 200 g/mol. The number of aromatic nitrogens is 1. The van der Waals surface area contributed by atoms with Gasteiger partial charge in [-0.15, -0.1) is 0 Å². The van der Waals surface area contributed by atoms with E-state index in [0.29, 0.717) is 18.0 Å². The fourth-order valence-corrected chi connectivity index (χ4v) is 1.59. The number of carbonyl (C=O) groups excluding carboxylic acids is 1. The van der Waals surface area contributed by atoms with Crippen LogP contribution in [0, 0.1) is 5.92 Å². The van der Waals surface area contributed by atoms with Crippen molar-refractivity contribution in [3.63, 3.8) is 0 Å². The van der Waals surface area contributed by atoms with Gasteiger partial charge in [-0.3, -0.25) is 4.79 Å². The summed E-state index contributed by atoms with van der Waals surface area (Å²) in [6, 6.07) is 7.64. The zero-order valence-electron chi connectivity index (χ0n) is 9.58. The Bertz CT molecular complexity index is 499. The lowest BCUT2D eigenvalue weighted by molar-refractivity contribution is 0.0949. The quantitative estimate of drug-likeness (QED) is 0.813. The monoisotopic (exact) mass is 216 g/mol. The molecule has 0 saturated heterocycles. The molecule has 84 valence electrons. The molecule has 1 aromatic carbocycles. The van der Waals surface area contributed by atoms with E-state index in [9.17, 15) is 4.79 Å². The van der Waals surface area contributed by atoms with Crippen LogP contribution in [0.3, 0.4) is 0 Å². The molecule has 3 nitrogen and oxygen atoms in total. The third kappa shape index (κ3) is 2.24. The molecule has 1 amide bonds. The standard InChI is InChI=1S/C13H16N2O/c1-9(2)8-15-13(16)11-3-4-12-10(7-11)5-6-14-12/h3-7,9,14H,8H2,1-2H3,(H,15,16). The van der Waals surface area contributed by atoms with Crippen LogP contribution >= 0.6 is 0 Å². The molecule has 2 N–H and O–H groups in total. The highest BCUT2D eigenvalue weighted by atomic mass is 16.1. The van der Waals surface area contributed by atoms with Gasteiger partial charge >= 0.3 is 0 Å². The predicted molar refractivity (Wildman–Crippen MR) is 65.5 cm³/mol. The van der Waals surface area contributed by atoms with Gasteiger partial charge in [0, 0.05) is 29.2 Å². The molecule has 0 fully saturated rings. The maximum absolute atomic E-state index is 11.8. The van der Waals surface area contributed by atoms with Gasteiger partial charge in [0.2, 0.25) is 0 Å². The summed E-state index contributed by atoms with van der Waals surface area (Å²) in [4.78, 5) is 14.9. The van der Waals surface area contributed by atoms with Crippen LogP contribution in [0.5, 0.6) is 0 Å². The van der Waals surface area contributed by atoms with Crippen molar-refractivity contribution in [2.24, 2.45) is 5.92 Å². The fraction of sp³-hybridized carbons (Fsp3) is 0.308. The number of nitrogens with one attached hydrogen (secondary N) is 2. The fourth-order valence-electron chi connectivity index (χ4n) is 1.59. The molecule has 0 unspecified atom stereocenters. The van der Waals surface area contributed by atoms with Crippen molar-refractivity contribution in [1.29, 1.82) is 0 Å². The number of amides is 1. The summed E-state index contributed by atoms with van der Waals surface area (Å²) in [6.45, 7) is 4.87. The molecule has 2 aromatic rings. The number of hydrogen-bond donors (Lipinski definition) is 2. The summed E-state index contributed by atoms with van der Waals surface area (Å²) in [5.74, 6) is 0.469. The van der Waals surface area contributed by atoms with Crippen molar-refractivity contribution in [2.45, 2.75) is 13.8 Å². The molecule has 0 saturated carbocycles. The van der Waals surface area contributed by atoms with Crippen LogP contribution in [0.15, 0.2) is 30.5 Å². The molecule has 1 aromatic heterocycles. The maximum Gasteiger partial charge on any atom is 0.251 e. The molecule has 2 rings (SSSR count). The molecule has 0 atom stereocenters. The van der Waals surface area contributed by atoms with Crippen LogP contribution in [-0.4, -0.2) is 17.4 Å². The second-order valence-corrected chi connectivity index (χ2v) is 4.38. The number of carbonyl (C=O) groups is 1. The third-order valence-corrected chi connectivity index (χ3v) is 2.49. The Labute approximate surface area is 94.9 Å². The summed E-state index contributed by atoms with van der Waals surface area (Å²) in [7, 11) is 0. The molecule has 16 heavy (non-hydrogen) atoms. The lowest BCUT2D eigenvalue weighted by atomic mass is 10.1. The van der Waals surface area contributed by atoms with Gasteiger partial charge < -0.3 is 10.3 Å². The van der Waals surface area contributed by atoms with Crippen molar-refractivity contribution < 1.29 is 4.79 Å². The van der Waals surface area contributed by atoms with Crippen molar-refractivity contribution >= 4 is 16.8 Å². The van der Waals surface area contributed by atoms with Gasteiger partial charge in [0.1, 0.15) is 0 Å². The van der Waals surface area contributed by atoms with Gasteiger partial charge in [0.15, 0.2) is 0 Å². The molecule has 1 heterocycles. The first-order valence-corrected chi connectivity index (χ1v) is 5.52. The smallest absolute Gasteiger partial charge is 0.251 e. The Kier molecular flexibility index (Phi) is 2.95. The predicted octanol–water partition coefficient (Wildman–Crippen LogP) is 2.55. The van der Waals surface area contributed by atoms with E-state index in [1.165, 1.54) is 0 Å². The number of hydrogen-bond acceptors (Lipinski definition) is 1. The topological polar surface area (TPSA) is 44.9 Å². The van der Waals surface area contributed by atoms with Gasteiger partial charge in [-0.05, 0) is 30.2 Å². The van der Waals surface area contributed by atoms with E-state index < -0.39 is 0 Å². The van der Waals surface area contributed by atoms with Crippen LogP contribution in [0.2, 0.25) is 0 Å². The molecule has 3 heteroatoms. The lowest BCUT2D eigenvalue weighted by Crippen LogP contribution is -2.27. The minimum Gasteiger partial charge on any atom is -0.361 e. The number of fused-ring (bicyclic) bond motifs is 1. The van der Waals surface area contributed by atoms with Crippen molar-refractivity contribution in [2.75, 3.05) is 6.54 Å². The van der Waals surface area contributed by atoms with Crippen molar-refractivity contribution in [1.82, 2.24) is 10.3 Å². The Balaban J connectivity index is 2.16. The number of rotatable bonds is 3. The second-order valence-electron chi connectivity index (χ2n) is 4.38. The highest BCUT2D eigenvalue weighted by molar-refractivity contribution is 5.98. The summed E-state index contributed by atoms with van der Waals surface area (Å²) in [5, 5.41) is 3.97. The van der Waals surface area contributed by atoms with Gasteiger partial charge in [0.05, 0.1) is 0 Å². The summed E-state index contributed by atoms with van der Waals surface area (Å²) in [6.07, 6.45) is 1.88. The number of benzene rings is 1. The van der Waals surface area contributed by atoms with E-state index in [4.69, 9.17) is 0 Å². The molecule has 0 aliphatic heterocycles. The molecule has 0 spiro atoms. The normalized spacial score (nSPS) is 10.9. The van der Waals surface area contributed by atoms with Crippen LogP contribution in [0.1, 0.15) is 24.2 Å². The Morgan fingerprint density at radius 3 is 2.94 bits per heavy atom. The molecule has 0 aliphatic rings. The average Bonchev–Trinajstić information content (AvgIpc) is 2.72. The molecule has 0 aliphatic carbocycles. The molecule has 0 radical (unpaired) electrons. The van der Waals surface area contributed by atoms with E-state index in [1.54, 1.807) is 0 Å². The van der Waals surface area contributed by atoms with Gasteiger partial charge in [0.25, 0.3) is 5.91 Å². The van der Waals surface area contributed by atoms with E-state index in [2.05, 4.69) is 24.1 Å². The second kappa shape index (κ2) is 4.39. The molecule has 0 bridgehead atoms. The number of aromatic amines is 1. The first kappa shape index (κ1) is 10.7. The zero-order valence-corrected chi connectivity index (χ0v) is 9.58. The average molecular weight is 216 g/mol. The van der Waals surface area contributed by atoms with Gasteiger partial charge in [-0.25, -0.2) is 0 Å². The highest BCUT2D eigenvalue weighted by Crippen LogP contribution is 2.14. The van der Waals surface area contributed by atoms with E-state index in [1.807, 2.05) is 30.5 Å². The van der Waals surface area contributed by atoms with Crippen molar-refractivity contribution in [3.05, 3.63) is 36.0 Å². The third-order valence-electron chi connectivity index (χ3n) is 2.49. The van der Waals surface area contributed by atoms with E-state index >= 15 is 0 Å². The Morgan fingerprint density at radius 1 is 1.38 bits per heavy atom. The summed E-state index contributed by atoms with van der Waals surface area (Å²) in [5.41, 5.74) is 1.77. The molecular formula is C13H16N2O. The van der Waals surface area contributed by atoms with Gasteiger partial charge in [-0.2, -0.15) is 0 Å². The Hall–Kier alpha value is -1.77. The van der Waals surface area contributed by atoms with Crippen LogP contribution < -0.4 is 5.32 Å². The van der Waals surface area contributed by atoms with E-state index in [-0.39, 0.29) is 5.91 Å². The first-order valence-electron chi connectivity index (χ1n) is 5.52. The van der Waals surface area contributed by atoms with Crippen LogP contribution in [0.4, 0.5) is 0 Å². The Morgan fingerprint density at radius 2 is 2.19 bits per heavy atom. The minimum atomic E-state index is -0.00296. The summed E-state index contributed by atoms with van der Waals surface area (Å²) >= 11 is 0. The maximum atomic E-state index is 11.8. The van der Waals surface area contributed by atoms with Crippen LogP contribution in [0.25, 0.3) is 10.9 Å². The largest absolute Gasteiger partial charge is 0.361 e. The van der Waals surface area contributed by atoms with Crippen molar-refractivity contribution in [3.8, 4) is 0 Å². The summed E-state index contributed by atoms with van der Waals surface area (Å²) < 4.78 is 0. The number of H-pyrrole nitrogens is 1. The minimum absolute atomic E-state index is 0.00296. The lowest BCUT2D eigenvalue weighted by Gasteiger charge is -2.07. The van der Waals surface area contributed by atoms with Crippen LogP contribution in [-0.2, 0) is 0 Å². The SMILES string of the molecule is CC(C)CNC(=O)c1ccc2[nH]ccc2c1. The zero-order chi connectivity index (χ0) is 11.5. The first-order chi connectivity index (χ1) is 7.66.